The van der Waals surface area contributed by atoms with E-state index in [9.17, 15) is 14.4 Å². The number of rotatable bonds is 7. The van der Waals surface area contributed by atoms with E-state index >= 15 is 0 Å². The number of nitrogens with one attached hydrogen (secondary N) is 1. The lowest BCUT2D eigenvalue weighted by molar-refractivity contribution is -0.145. The number of benzene rings is 2. The molecule has 0 bridgehead atoms. The molecule has 7 nitrogen and oxygen atoms in total. The van der Waals surface area contributed by atoms with Gasteiger partial charge in [-0.25, -0.2) is 0 Å². The Morgan fingerprint density at radius 3 is 2.43 bits per heavy atom. The van der Waals surface area contributed by atoms with E-state index in [4.69, 9.17) is 5.73 Å². The van der Waals surface area contributed by atoms with Crippen LogP contribution in [-0.4, -0.2) is 65.8 Å². The number of hydrogen-bond acceptors (Lipinski definition) is 4. The molecule has 0 saturated carbocycles. The molecule has 2 fully saturated rings. The van der Waals surface area contributed by atoms with Crippen LogP contribution in [0.4, 0.5) is 0 Å². The van der Waals surface area contributed by atoms with Crippen LogP contribution >= 0.6 is 0 Å². The standard InChI is InChI=1S/C30H38N4O3/c1-29(2,31)27(36)32-25(17-10-14-22-12-6-4-7-13-22)26(35)34-19-11-18-30(21-34)24(20-33(3)28(30)37)23-15-8-5-9-16-23/h4-10,12-16,24-25H,11,17-21,31H2,1-3H3,(H,32,36)/t24?,25?,30-/m0/s1. The fraction of sp³-hybridized carbons (Fsp3) is 0.433. The highest BCUT2D eigenvalue weighted by atomic mass is 16.2. The average Bonchev–Trinajstić information content (AvgIpc) is 3.13. The molecule has 0 radical (unpaired) electrons. The molecule has 2 aliphatic rings. The van der Waals surface area contributed by atoms with Gasteiger partial charge in [-0.1, -0.05) is 72.8 Å². The molecule has 4 rings (SSSR count). The van der Waals surface area contributed by atoms with Crippen LogP contribution in [0.3, 0.4) is 0 Å². The Hall–Kier alpha value is -3.45. The second kappa shape index (κ2) is 10.9. The maximum absolute atomic E-state index is 13.9. The number of likely N-dealkylation sites (tertiary alicyclic amines) is 2. The van der Waals surface area contributed by atoms with Crippen molar-refractivity contribution >= 4 is 23.8 Å². The van der Waals surface area contributed by atoms with Crippen LogP contribution in [-0.2, 0) is 14.4 Å². The second-order valence-corrected chi connectivity index (χ2v) is 11.0. The summed E-state index contributed by atoms with van der Waals surface area (Å²) < 4.78 is 0. The summed E-state index contributed by atoms with van der Waals surface area (Å²) in [6.45, 7) is 4.77. The van der Waals surface area contributed by atoms with Gasteiger partial charge in [-0.2, -0.15) is 0 Å². The van der Waals surface area contributed by atoms with Gasteiger partial charge in [0.25, 0.3) is 0 Å². The van der Waals surface area contributed by atoms with Crippen molar-refractivity contribution in [3.05, 3.63) is 77.9 Å². The minimum atomic E-state index is -1.12. The Labute approximate surface area is 219 Å². The first kappa shape index (κ1) is 26.6. The van der Waals surface area contributed by atoms with Crippen LogP contribution < -0.4 is 11.1 Å². The number of likely N-dealkylation sites (N-methyl/N-ethyl adjacent to an activating group) is 1. The molecular formula is C30H38N4O3. The van der Waals surface area contributed by atoms with E-state index in [0.29, 0.717) is 26.1 Å². The largest absolute Gasteiger partial charge is 0.345 e. The second-order valence-electron chi connectivity index (χ2n) is 11.0. The van der Waals surface area contributed by atoms with Crippen LogP contribution in [0.2, 0.25) is 0 Å². The third-order valence-electron chi connectivity index (χ3n) is 7.60. The fourth-order valence-corrected chi connectivity index (χ4v) is 5.59. The Balaban J connectivity index is 1.58. The highest BCUT2D eigenvalue weighted by molar-refractivity contribution is 5.93. The van der Waals surface area contributed by atoms with Gasteiger partial charge >= 0.3 is 0 Å². The number of carbonyl (C=O) groups excluding carboxylic acids is 3. The van der Waals surface area contributed by atoms with Gasteiger partial charge < -0.3 is 20.9 Å². The topological polar surface area (TPSA) is 95.7 Å². The molecule has 3 atom stereocenters. The first-order valence-corrected chi connectivity index (χ1v) is 13.0. The monoisotopic (exact) mass is 502 g/mol. The number of nitrogens with two attached hydrogens (primary N) is 1. The summed E-state index contributed by atoms with van der Waals surface area (Å²) in [5.74, 6) is -0.463. The van der Waals surface area contributed by atoms with Crippen molar-refractivity contribution in [3.8, 4) is 0 Å². The van der Waals surface area contributed by atoms with Gasteiger partial charge in [0, 0.05) is 32.6 Å². The van der Waals surface area contributed by atoms with E-state index in [-0.39, 0.29) is 23.6 Å². The molecule has 3 amide bonds. The van der Waals surface area contributed by atoms with E-state index in [1.165, 1.54) is 0 Å². The maximum Gasteiger partial charge on any atom is 0.245 e. The van der Waals surface area contributed by atoms with Gasteiger partial charge in [-0.15, -0.1) is 0 Å². The number of carbonyl (C=O) groups is 3. The number of piperidine rings is 1. The molecule has 2 aromatic rings. The first-order valence-electron chi connectivity index (χ1n) is 13.0. The first-order chi connectivity index (χ1) is 17.6. The van der Waals surface area contributed by atoms with Gasteiger partial charge in [0.2, 0.25) is 17.7 Å². The normalized spacial score (nSPS) is 23.0. The summed E-state index contributed by atoms with van der Waals surface area (Å²) in [4.78, 5) is 43.8. The summed E-state index contributed by atoms with van der Waals surface area (Å²) in [7, 11) is 1.84. The van der Waals surface area contributed by atoms with Crippen molar-refractivity contribution in [2.45, 2.75) is 50.6 Å². The summed E-state index contributed by atoms with van der Waals surface area (Å²) in [5, 5.41) is 2.88. The molecule has 2 unspecified atom stereocenters. The predicted molar refractivity (Wildman–Crippen MR) is 145 cm³/mol. The fourth-order valence-electron chi connectivity index (χ4n) is 5.59. The Morgan fingerprint density at radius 1 is 1.14 bits per heavy atom. The van der Waals surface area contributed by atoms with Crippen LogP contribution in [0.5, 0.6) is 0 Å². The van der Waals surface area contributed by atoms with Crippen molar-refractivity contribution in [2.24, 2.45) is 11.1 Å². The zero-order valence-electron chi connectivity index (χ0n) is 22.0. The van der Waals surface area contributed by atoms with Gasteiger partial charge in [0.15, 0.2) is 0 Å². The molecule has 3 N–H and O–H groups in total. The third-order valence-corrected chi connectivity index (χ3v) is 7.60. The van der Waals surface area contributed by atoms with E-state index in [1.807, 2.05) is 67.7 Å². The molecule has 1 spiro atoms. The molecular weight excluding hydrogens is 464 g/mol. The Morgan fingerprint density at radius 2 is 1.78 bits per heavy atom. The average molecular weight is 503 g/mol. The summed E-state index contributed by atoms with van der Waals surface area (Å²) in [5.41, 5.74) is 6.39. The van der Waals surface area contributed by atoms with Crippen molar-refractivity contribution in [1.29, 1.82) is 0 Å². The van der Waals surface area contributed by atoms with Gasteiger partial charge in [0.05, 0.1) is 11.0 Å². The van der Waals surface area contributed by atoms with Crippen molar-refractivity contribution in [1.82, 2.24) is 15.1 Å². The van der Waals surface area contributed by atoms with Crippen LogP contribution in [0.15, 0.2) is 66.7 Å². The van der Waals surface area contributed by atoms with Crippen LogP contribution in [0.25, 0.3) is 6.08 Å². The summed E-state index contributed by atoms with van der Waals surface area (Å²) in [6, 6.07) is 19.2. The molecule has 2 heterocycles. The number of hydrogen-bond donors (Lipinski definition) is 2. The molecule has 196 valence electrons. The smallest absolute Gasteiger partial charge is 0.245 e. The Kier molecular flexibility index (Phi) is 7.83. The molecule has 7 heteroatoms. The minimum absolute atomic E-state index is 0.00999. The van der Waals surface area contributed by atoms with Crippen LogP contribution in [0, 0.1) is 5.41 Å². The van der Waals surface area contributed by atoms with Crippen molar-refractivity contribution < 1.29 is 14.4 Å². The highest BCUT2D eigenvalue weighted by Gasteiger charge is 2.55. The highest BCUT2D eigenvalue weighted by Crippen LogP contribution is 2.49. The van der Waals surface area contributed by atoms with Crippen LogP contribution in [0.1, 0.15) is 50.2 Å². The number of nitrogens with zero attached hydrogens (tertiary/aromatic N) is 2. The minimum Gasteiger partial charge on any atom is -0.345 e. The third kappa shape index (κ3) is 5.77. The van der Waals surface area contributed by atoms with Crippen molar-refractivity contribution in [2.75, 3.05) is 26.7 Å². The molecule has 2 aromatic carbocycles. The van der Waals surface area contributed by atoms with E-state index in [2.05, 4.69) is 17.4 Å². The lowest BCUT2D eigenvalue weighted by Crippen LogP contribution is -2.59. The van der Waals surface area contributed by atoms with E-state index in [0.717, 1.165) is 24.0 Å². The molecule has 2 saturated heterocycles. The zero-order chi connectivity index (χ0) is 26.6. The molecule has 2 aliphatic heterocycles. The molecule has 37 heavy (non-hydrogen) atoms. The lowest BCUT2D eigenvalue weighted by Gasteiger charge is -2.43. The number of amides is 3. The lowest BCUT2D eigenvalue weighted by atomic mass is 9.69. The quantitative estimate of drug-likeness (QED) is 0.608. The Bertz CT molecular complexity index is 1140. The van der Waals surface area contributed by atoms with Gasteiger partial charge in [-0.3, -0.25) is 14.4 Å². The summed E-state index contributed by atoms with van der Waals surface area (Å²) in [6.07, 6.45) is 5.65. The van der Waals surface area contributed by atoms with E-state index in [1.54, 1.807) is 23.6 Å². The van der Waals surface area contributed by atoms with Gasteiger partial charge in [-0.05, 0) is 44.2 Å². The summed E-state index contributed by atoms with van der Waals surface area (Å²) >= 11 is 0. The van der Waals surface area contributed by atoms with E-state index < -0.39 is 17.0 Å². The SMILES string of the molecule is CN1CC(c2ccccc2)[C@@]2(CCCN(C(=O)C(CC=Cc3ccccc3)NC(=O)C(C)(C)N)C2)C1=O. The maximum atomic E-state index is 13.9. The molecule has 0 aromatic heterocycles. The van der Waals surface area contributed by atoms with Gasteiger partial charge in [0.1, 0.15) is 6.04 Å². The van der Waals surface area contributed by atoms with Crippen molar-refractivity contribution in [3.63, 3.8) is 0 Å². The zero-order valence-corrected chi connectivity index (χ0v) is 22.0. The molecule has 0 aliphatic carbocycles. The predicted octanol–water partition coefficient (Wildman–Crippen LogP) is 3.18.